The Morgan fingerprint density at radius 3 is 2.74 bits per heavy atom. The van der Waals surface area contributed by atoms with Crippen LogP contribution in [-0.4, -0.2) is 30.3 Å². The highest BCUT2D eigenvalue weighted by molar-refractivity contribution is 6.08. The van der Waals surface area contributed by atoms with E-state index in [1.165, 1.54) is 12.8 Å². The van der Waals surface area contributed by atoms with E-state index in [-0.39, 0.29) is 11.9 Å². The highest BCUT2D eigenvalue weighted by atomic mass is 16.7. The third-order valence-corrected chi connectivity index (χ3v) is 4.77. The van der Waals surface area contributed by atoms with E-state index in [0.717, 1.165) is 38.5 Å². The van der Waals surface area contributed by atoms with Gasteiger partial charge in [-0.3, -0.25) is 9.59 Å². The molecule has 0 aromatic heterocycles. The fourth-order valence-electron chi connectivity index (χ4n) is 3.19. The molecule has 1 N–H and O–H groups in total. The van der Waals surface area contributed by atoms with Crippen molar-refractivity contribution in [3.05, 3.63) is 12.7 Å². The number of rotatable bonds is 10. The van der Waals surface area contributed by atoms with Crippen LogP contribution in [0.4, 0.5) is 0 Å². The Balaban J connectivity index is 1.91. The van der Waals surface area contributed by atoms with E-state index in [1.807, 2.05) is 0 Å². The van der Waals surface area contributed by atoms with Gasteiger partial charge in [0.2, 0.25) is 6.29 Å². The van der Waals surface area contributed by atoms with E-state index in [4.69, 9.17) is 9.47 Å². The Bertz CT molecular complexity index is 431. The summed E-state index contributed by atoms with van der Waals surface area (Å²) in [5.41, 5.74) is -0.920. The van der Waals surface area contributed by atoms with Gasteiger partial charge in [0.15, 0.2) is 5.54 Å². The molecular formula is C18H29NO4. The van der Waals surface area contributed by atoms with E-state index in [1.54, 1.807) is 6.08 Å². The van der Waals surface area contributed by atoms with Gasteiger partial charge in [-0.25, -0.2) is 0 Å². The Hall–Kier alpha value is -1.36. The molecule has 0 radical (unpaired) electrons. The van der Waals surface area contributed by atoms with Gasteiger partial charge in [0.1, 0.15) is 0 Å². The minimum atomic E-state index is -0.920. The van der Waals surface area contributed by atoms with Crippen LogP contribution in [0.1, 0.15) is 64.7 Å². The van der Waals surface area contributed by atoms with Gasteiger partial charge in [-0.1, -0.05) is 45.1 Å². The second-order valence-corrected chi connectivity index (χ2v) is 6.52. The maximum absolute atomic E-state index is 12.6. The molecule has 1 amide bonds. The number of esters is 1. The van der Waals surface area contributed by atoms with Gasteiger partial charge < -0.3 is 14.8 Å². The molecule has 0 aliphatic carbocycles. The average molecular weight is 323 g/mol. The van der Waals surface area contributed by atoms with E-state index in [0.29, 0.717) is 13.0 Å². The van der Waals surface area contributed by atoms with Gasteiger partial charge in [-0.15, -0.1) is 6.58 Å². The fourth-order valence-corrected chi connectivity index (χ4v) is 3.19. The van der Waals surface area contributed by atoms with Gasteiger partial charge in [0.25, 0.3) is 5.91 Å². The van der Waals surface area contributed by atoms with Gasteiger partial charge in [0, 0.05) is 6.42 Å². The number of amides is 1. The highest BCUT2D eigenvalue weighted by Gasteiger charge is 2.59. The second kappa shape index (κ2) is 8.48. The predicted molar refractivity (Wildman–Crippen MR) is 87.6 cm³/mol. The van der Waals surface area contributed by atoms with Crippen LogP contribution in [0.25, 0.3) is 0 Å². The lowest BCUT2D eigenvalue weighted by molar-refractivity contribution is -0.192. The molecule has 0 saturated carbocycles. The van der Waals surface area contributed by atoms with Crippen LogP contribution in [0.2, 0.25) is 0 Å². The van der Waals surface area contributed by atoms with Crippen molar-refractivity contribution in [2.45, 2.75) is 76.5 Å². The number of nitrogens with one attached hydrogen (secondary N) is 1. The van der Waals surface area contributed by atoms with Crippen molar-refractivity contribution in [3.63, 3.8) is 0 Å². The molecule has 23 heavy (non-hydrogen) atoms. The zero-order valence-corrected chi connectivity index (χ0v) is 14.1. The van der Waals surface area contributed by atoms with Crippen LogP contribution in [0.3, 0.4) is 0 Å². The molecule has 5 nitrogen and oxygen atoms in total. The number of ether oxygens (including phenoxy) is 2. The van der Waals surface area contributed by atoms with Crippen molar-refractivity contribution >= 4 is 11.9 Å². The molecule has 2 aliphatic rings. The molecule has 0 aromatic rings. The summed E-state index contributed by atoms with van der Waals surface area (Å²) in [5, 5.41) is 2.77. The Morgan fingerprint density at radius 1 is 1.43 bits per heavy atom. The molecule has 5 heteroatoms. The topological polar surface area (TPSA) is 74.5 Å². The average Bonchev–Trinajstić information content (AvgIpc) is 3.22. The molecule has 130 valence electrons. The van der Waals surface area contributed by atoms with Crippen LogP contribution in [-0.2, 0) is 19.1 Å². The van der Waals surface area contributed by atoms with Crippen LogP contribution in [0.5, 0.6) is 0 Å². The summed E-state index contributed by atoms with van der Waals surface area (Å²) in [5.74, 6) is -0.974. The molecule has 3 unspecified atom stereocenters. The Kier molecular flexibility index (Phi) is 6.63. The van der Waals surface area contributed by atoms with Crippen molar-refractivity contribution in [2.75, 3.05) is 6.61 Å². The first-order chi connectivity index (χ1) is 11.1. The summed E-state index contributed by atoms with van der Waals surface area (Å²) >= 11 is 0. The van der Waals surface area contributed by atoms with Gasteiger partial charge in [-0.2, -0.15) is 0 Å². The lowest BCUT2D eigenvalue weighted by Gasteiger charge is -2.26. The van der Waals surface area contributed by atoms with Gasteiger partial charge >= 0.3 is 5.97 Å². The van der Waals surface area contributed by atoms with E-state index >= 15 is 0 Å². The lowest BCUT2D eigenvalue weighted by Crippen LogP contribution is -2.37. The fraction of sp³-hybridized carbons (Fsp3) is 0.778. The second-order valence-electron chi connectivity index (χ2n) is 6.52. The summed E-state index contributed by atoms with van der Waals surface area (Å²) in [7, 11) is 0. The quantitative estimate of drug-likeness (QED) is 0.290. The van der Waals surface area contributed by atoms with Crippen LogP contribution in [0.15, 0.2) is 12.7 Å². The maximum atomic E-state index is 12.6. The Morgan fingerprint density at radius 2 is 2.17 bits per heavy atom. The Labute approximate surface area is 138 Å². The molecule has 0 aromatic carbocycles. The monoisotopic (exact) mass is 323 g/mol. The summed E-state index contributed by atoms with van der Waals surface area (Å²) in [6.45, 7) is 6.53. The molecule has 2 saturated heterocycles. The smallest absolute Gasteiger partial charge is 0.314 e. The third-order valence-electron chi connectivity index (χ3n) is 4.77. The van der Waals surface area contributed by atoms with Crippen molar-refractivity contribution in [1.29, 1.82) is 0 Å². The number of carbonyl (C=O) groups excluding carboxylic acids is 2. The molecule has 2 aliphatic heterocycles. The van der Waals surface area contributed by atoms with Crippen molar-refractivity contribution < 1.29 is 19.1 Å². The first-order valence-corrected chi connectivity index (χ1v) is 8.92. The minimum absolute atomic E-state index is 0.132. The van der Waals surface area contributed by atoms with Crippen LogP contribution in [0, 0.1) is 5.92 Å². The third kappa shape index (κ3) is 4.56. The lowest BCUT2D eigenvalue weighted by atomic mass is 9.86. The zero-order chi connectivity index (χ0) is 16.7. The standard InChI is InChI=1S/C18H29NO4/c1-3-5-6-7-8-11-14(18(4-2)17(21)19-18)16(20)23-15-12-9-10-13-22-15/h4,14-15H,2-3,5-13H2,1H3,(H,19,21). The summed E-state index contributed by atoms with van der Waals surface area (Å²) in [6, 6.07) is 0. The number of unbranched alkanes of at least 4 members (excludes halogenated alkanes) is 4. The van der Waals surface area contributed by atoms with Gasteiger partial charge in [-0.05, 0) is 19.3 Å². The zero-order valence-electron chi connectivity index (χ0n) is 14.1. The molecule has 2 rings (SSSR count). The minimum Gasteiger partial charge on any atom is -0.435 e. The van der Waals surface area contributed by atoms with Crippen LogP contribution >= 0.6 is 0 Å². The van der Waals surface area contributed by atoms with E-state index in [9.17, 15) is 9.59 Å². The normalized spacial score (nSPS) is 27.9. The van der Waals surface area contributed by atoms with E-state index in [2.05, 4.69) is 18.8 Å². The highest BCUT2D eigenvalue weighted by Crippen LogP contribution is 2.35. The molecule has 3 atom stereocenters. The first kappa shape index (κ1) is 18.0. The number of hydrogen-bond donors (Lipinski definition) is 1. The van der Waals surface area contributed by atoms with Crippen molar-refractivity contribution in [3.8, 4) is 0 Å². The summed E-state index contributed by atoms with van der Waals surface area (Å²) in [4.78, 5) is 24.4. The number of hydrogen-bond acceptors (Lipinski definition) is 4. The largest absolute Gasteiger partial charge is 0.435 e. The molecule has 0 spiro atoms. The number of carbonyl (C=O) groups is 2. The summed E-state index contributed by atoms with van der Waals surface area (Å²) in [6.07, 6.45) is 9.99. The van der Waals surface area contributed by atoms with Crippen molar-refractivity contribution in [2.24, 2.45) is 5.92 Å². The molecule has 0 bridgehead atoms. The van der Waals surface area contributed by atoms with E-state index < -0.39 is 17.7 Å². The molecular weight excluding hydrogens is 294 g/mol. The molecule has 2 fully saturated rings. The predicted octanol–water partition coefficient (Wildman–Crippen LogP) is 3.09. The maximum Gasteiger partial charge on any atom is 0.314 e. The van der Waals surface area contributed by atoms with Crippen LogP contribution < -0.4 is 5.32 Å². The first-order valence-electron chi connectivity index (χ1n) is 8.92. The summed E-state index contributed by atoms with van der Waals surface area (Å²) < 4.78 is 11.0. The SMILES string of the molecule is C=CC1(C(CCCCCCC)C(=O)OC2CCCCO2)NC1=O. The van der Waals surface area contributed by atoms with Gasteiger partial charge in [0.05, 0.1) is 12.5 Å². The molecule has 2 heterocycles. The van der Waals surface area contributed by atoms with Crippen molar-refractivity contribution in [1.82, 2.24) is 5.32 Å².